The van der Waals surface area contributed by atoms with Gasteiger partial charge < -0.3 is 9.80 Å². The molecule has 0 heterocycles. The number of anilines is 6. The van der Waals surface area contributed by atoms with Crippen molar-refractivity contribution in [2.75, 3.05) is 9.80 Å². The van der Waals surface area contributed by atoms with Crippen LogP contribution in [0.1, 0.15) is 11.1 Å². The van der Waals surface area contributed by atoms with Gasteiger partial charge >= 0.3 is 0 Å². The van der Waals surface area contributed by atoms with Crippen LogP contribution in [0.25, 0.3) is 76.8 Å². The highest BCUT2D eigenvalue weighted by atomic mass is 19.1. The summed E-state index contributed by atoms with van der Waals surface area (Å²) >= 11 is 0. The average Bonchev–Trinajstić information content (AvgIpc) is 3.46. The lowest BCUT2D eigenvalue weighted by Gasteiger charge is -2.30. The monoisotopic (exact) mass is 962 g/mol. The minimum absolute atomic E-state index is 0.349. The summed E-state index contributed by atoms with van der Waals surface area (Å²) in [5.41, 5.74) is 8.69. The quantitative estimate of drug-likeness (QED) is 0.101. The molecular formula is C66H38F4N4. The Morgan fingerprint density at radius 3 is 0.892 bits per heavy atom. The van der Waals surface area contributed by atoms with Gasteiger partial charge in [0.2, 0.25) is 0 Å². The Hall–Kier alpha value is -10.0. The topological polar surface area (TPSA) is 54.1 Å². The maximum atomic E-state index is 15.8. The van der Waals surface area contributed by atoms with E-state index in [-0.39, 0.29) is 0 Å². The Labute approximate surface area is 424 Å². The van der Waals surface area contributed by atoms with Gasteiger partial charge in [-0.3, -0.25) is 0 Å². The van der Waals surface area contributed by atoms with Crippen molar-refractivity contribution in [3.63, 3.8) is 0 Å². The van der Waals surface area contributed by atoms with Crippen LogP contribution in [0, 0.1) is 45.9 Å². The Balaban J connectivity index is 1.12. The predicted octanol–water partition coefficient (Wildman–Crippen LogP) is 18.5. The maximum Gasteiger partial charge on any atom is 0.131 e. The summed E-state index contributed by atoms with van der Waals surface area (Å²) in [6, 6.07) is 72.7. The summed E-state index contributed by atoms with van der Waals surface area (Å²) in [5, 5.41) is 25.3. The van der Waals surface area contributed by atoms with Gasteiger partial charge in [-0.15, -0.1) is 0 Å². The minimum atomic E-state index is -0.426. The van der Waals surface area contributed by atoms with E-state index < -0.39 is 23.3 Å². The molecule has 0 unspecified atom stereocenters. The van der Waals surface area contributed by atoms with E-state index in [9.17, 15) is 10.5 Å². The SMILES string of the molecule is N#Cc1ccc(N(c2cc(-c3ccccc3F)cc(-c3ccccc3F)c2)c2ccc3ccc4c(N(c5ccc(C#N)cc5)c5cc(-c6ccccc6F)cc(-c6ccccc6F)c5)ccc5ccc2c3c54)cc1. The molecule has 0 aromatic heterocycles. The highest BCUT2D eigenvalue weighted by Crippen LogP contribution is 2.49. The molecule has 12 aromatic carbocycles. The van der Waals surface area contributed by atoms with Crippen LogP contribution in [0.3, 0.4) is 0 Å². The fourth-order valence-corrected chi connectivity index (χ4v) is 10.3. The third kappa shape index (κ3) is 7.98. The van der Waals surface area contributed by atoms with Crippen molar-refractivity contribution in [1.82, 2.24) is 0 Å². The molecule has 12 aromatic rings. The summed E-state index contributed by atoms with van der Waals surface area (Å²) in [4.78, 5) is 4.12. The molecule has 0 aliphatic rings. The molecule has 0 saturated heterocycles. The first-order chi connectivity index (χ1) is 36.2. The molecule has 0 bridgehead atoms. The molecule has 4 nitrogen and oxygen atoms in total. The Morgan fingerprint density at radius 2 is 0.595 bits per heavy atom. The molecule has 0 radical (unpaired) electrons. The van der Waals surface area contributed by atoms with Gasteiger partial charge in [0.1, 0.15) is 23.3 Å². The zero-order valence-corrected chi connectivity index (χ0v) is 39.2. The van der Waals surface area contributed by atoms with Crippen LogP contribution in [-0.2, 0) is 0 Å². The van der Waals surface area contributed by atoms with Crippen molar-refractivity contribution in [3.05, 3.63) is 265 Å². The molecule has 0 saturated carbocycles. The van der Waals surface area contributed by atoms with Gasteiger partial charge in [0.15, 0.2) is 0 Å². The van der Waals surface area contributed by atoms with Crippen molar-refractivity contribution < 1.29 is 17.6 Å². The van der Waals surface area contributed by atoms with Crippen LogP contribution < -0.4 is 9.80 Å². The van der Waals surface area contributed by atoms with E-state index in [0.717, 1.165) is 43.7 Å². The van der Waals surface area contributed by atoms with E-state index in [1.54, 1.807) is 109 Å². The first-order valence-electron chi connectivity index (χ1n) is 23.9. The lowest BCUT2D eigenvalue weighted by Crippen LogP contribution is -2.12. The number of halogens is 4. The largest absolute Gasteiger partial charge is 0.310 e. The molecule has 0 N–H and O–H groups in total. The highest BCUT2D eigenvalue weighted by molar-refractivity contribution is 6.28. The molecule has 0 fully saturated rings. The molecule has 0 aliphatic carbocycles. The minimum Gasteiger partial charge on any atom is -0.310 e. The molecule has 350 valence electrons. The lowest BCUT2D eigenvalue weighted by atomic mass is 9.91. The highest BCUT2D eigenvalue weighted by Gasteiger charge is 2.25. The number of nitriles is 2. The second kappa shape index (κ2) is 18.6. The van der Waals surface area contributed by atoms with Gasteiger partial charge in [-0.1, -0.05) is 109 Å². The summed E-state index contributed by atoms with van der Waals surface area (Å²) in [6.45, 7) is 0. The summed E-state index contributed by atoms with van der Waals surface area (Å²) < 4.78 is 63.2. The van der Waals surface area contributed by atoms with Gasteiger partial charge in [0.25, 0.3) is 0 Å². The Bertz CT molecular complexity index is 3830. The van der Waals surface area contributed by atoms with Crippen molar-refractivity contribution in [2.45, 2.75) is 0 Å². The van der Waals surface area contributed by atoms with Crippen molar-refractivity contribution in [3.8, 4) is 56.6 Å². The third-order valence-electron chi connectivity index (χ3n) is 13.7. The van der Waals surface area contributed by atoms with E-state index >= 15 is 17.6 Å². The summed E-state index contributed by atoms with van der Waals surface area (Å²) in [7, 11) is 0. The van der Waals surface area contributed by atoms with Crippen LogP contribution in [-0.4, -0.2) is 0 Å². The molecule has 0 amide bonds. The van der Waals surface area contributed by atoms with Crippen molar-refractivity contribution in [2.24, 2.45) is 0 Å². The fraction of sp³-hybridized carbons (Fsp3) is 0. The van der Waals surface area contributed by atoms with Gasteiger partial charge in [-0.2, -0.15) is 10.5 Å². The van der Waals surface area contributed by atoms with Gasteiger partial charge in [-0.05, 0) is 165 Å². The maximum absolute atomic E-state index is 15.8. The van der Waals surface area contributed by atoms with E-state index in [0.29, 0.717) is 78.4 Å². The van der Waals surface area contributed by atoms with E-state index in [4.69, 9.17) is 0 Å². The molecule has 0 spiro atoms. The zero-order valence-electron chi connectivity index (χ0n) is 39.2. The standard InChI is InChI=1S/C66H38F4N4/c67-59-13-5-1-9-53(59)45-33-46(54-10-2-6-14-60(54)68)36-51(35-45)73(49-25-17-41(39-71)18-26-49)63-31-23-43-22-30-58-64(32-24-44-21-29-57(63)65(43)66(44)58)74(50-27-19-42(40-72)20-28-50)52-37-47(55-11-3-7-15-61(55)69)34-48(38-52)56-12-4-8-16-62(56)70/h1-38H. The number of benzene rings is 12. The lowest BCUT2D eigenvalue weighted by molar-refractivity contribution is 0.630. The molecular weight excluding hydrogens is 925 g/mol. The second-order valence-corrected chi connectivity index (χ2v) is 18.0. The van der Waals surface area contributed by atoms with E-state index in [1.165, 1.54) is 24.3 Å². The summed E-state index contributed by atoms with van der Waals surface area (Å²) in [6.07, 6.45) is 0. The van der Waals surface area contributed by atoms with E-state index in [2.05, 4.69) is 58.3 Å². The first-order valence-corrected chi connectivity index (χ1v) is 23.9. The number of hydrogen-bond donors (Lipinski definition) is 0. The zero-order chi connectivity index (χ0) is 50.5. The van der Waals surface area contributed by atoms with Crippen LogP contribution in [0.5, 0.6) is 0 Å². The first kappa shape index (κ1) is 45.1. The summed E-state index contributed by atoms with van der Waals surface area (Å²) in [5.74, 6) is -1.70. The normalized spacial score (nSPS) is 11.2. The van der Waals surface area contributed by atoms with E-state index in [1.807, 2.05) is 60.7 Å². The number of hydrogen-bond acceptors (Lipinski definition) is 4. The molecule has 12 rings (SSSR count). The smallest absolute Gasteiger partial charge is 0.131 e. The van der Waals surface area contributed by atoms with Crippen LogP contribution in [0.4, 0.5) is 51.7 Å². The fourth-order valence-electron chi connectivity index (χ4n) is 10.3. The second-order valence-electron chi connectivity index (χ2n) is 18.0. The average molecular weight is 963 g/mol. The molecule has 8 heteroatoms. The van der Waals surface area contributed by atoms with Crippen molar-refractivity contribution in [1.29, 1.82) is 10.5 Å². The molecule has 0 atom stereocenters. The van der Waals surface area contributed by atoms with Crippen LogP contribution in [0.2, 0.25) is 0 Å². The number of rotatable bonds is 10. The Morgan fingerprint density at radius 1 is 0.297 bits per heavy atom. The van der Waals surface area contributed by atoms with Crippen LogP contribution >= 0.6 is 0 Å². The Kier molecular flexibility index (Phi) is 11.4. The van der Waals surface area contributed by atoms with Crippen LogP contribution in [0.15, 0.2) is 231 Å². The van der Waals surface area contributed by atoms with Gasteiger partial charge in [0, 0.05) is 55.8 Å². The van der Waals surface area contributed by atoms with Gasteiger partial charge in [0.05, 0.1) is 34.6 Å². The van der Waals surface area contributed by atoms with Gasteiger partial charge in [-0.25, -0.2) is 17.6 Å². The third-order valence-corrected chi connectivity index (χ3v) is 13.7. The number of nitrogens with zero attached hydrogens (tertiary/aromatic N) is 4. The molecule has 74 heavy (non-hydrogen) atoms. The molecule has 0 aliphatic heterocycles. The van der Waals surface area contributed by atoms with Crippen molar-refractivity contribution >= 4 is 66.4 Å². The predicted molar refractivity (Wildman–Crippen MR) is 291 cm³/mol.